The summed E-state index contributed by atoms with van der Waals surface area (Å²) in [7, 11) is -2.92. The van der Waals surface area contributed by atoms with Crippen molar-refractivity contribution in [3.05, 3.63) is 29.8 Å². The van der Waals surface area contributed by atoms with E-state index in [9.17, 15) is 13.2 Å². The van der Waals surface area contributed by atoms with Gasteiger partial charge in [0.1, 0.15) is 0 Å². The molecule has 23 heavy (non-hydrogen) atoms. The van der Waals surface area contributed by atoms with Crippen molar-refractivity contribution >= 4 is 38.4 Å². The number of aliphatic imine (C=N–C) groups is 1. The summed E-state index contributed by atoms with van der Waals surface area (Å²) in [5, 5.41) is 6.80. The fourth-order valence-corrected chi connectivity index (χ4v) is 6.26. The van der Waals surface area contributed by atoms with Crippen LogP contribution >= 0.6 is 11.8 Å². The second-order valence-corrected chi connectivity index (χ2v) is 9.07. The van der Waals surface area contributed by atoms with Crippen LogP contribution in [0.5, 0.6) is 0 Å². The molecule has 2 aliphatic heterocycles. The molecule has 1 aromatic carbocycles. The molecular formula is C15H19N3O3S2. The zero-order chi connectivity index (χ0) is 16.4. The predicted molar refractivity (Wildman–Crippen MR) is 93.9 cm³/mol. The van der Waals surface area contributed by atoms with E-state index in [2.05, 4.69) is 15.6 Å². The van der Waals surface area contributed by atoms with Gasteiger partial charge in [-0.15, -0.1) is 0 Å². The zero-order valence-electron chi connectivity index (χ0n) is 12.8. The van der Waals surface area contributed by atoms with Gasteiger partial charge in [-0.25, -0.2) is 8.42 Å². The molecule has 1 saturated heterocycles. The third-order valence-corrected chi connectivity index (χ3v) is 6.89. The number of amidine groups is 1. The summed E-state index contributed by atoms with van der Waals surface area (Å²) in [5.74, 6) is 0.269. The van der Waals surface area contributed by atoms with Gasteiger partial charge in [-0.3, -0.25) is 9.79 Å². The van der Waals surface area contributed by atoms with E-state index < -0.39 is 9.84 Å². The molecule has 3 rings (SSSR count). The molecule has 0 unspecified atom stereocenters. The molecule has 0 radical (unpaired) electrons. The highest BCUT2D eigenvalue weighted by Crippen LogP contribution is 2.34. The minimum absolute atomic E-state index is 0.0293. The number of nitrogens with one attached hydrogen (secondary N) is 2. The number of anilines is 1. The SMILES string of the molecule is CCCNC(=O)c1ccc(NC2=N[C@@H]3CS(=O)(=O)C[C@H]3S2)cc1. The average molecular weight is 353 g/mol. The number of rotatable bonds is 4. The standard InChI is InChI=1S/C15H19N3O3S2/c1-2-7-16-14(19)10-3-5-11(6-4-10)17-15-18-12-8-23(20,21)9-13(12)22-15/h3-6,12-13H,2,7-9H2,1H3,(H,16,19)(H,17,18)/t12-,13-/m1/s1. The molecule has 6 nitrogen and oxygen atoms in total. The summed E-state index contributed by atoms with van der Waals surface area (Å²) < 4.78 is 23.1. The molecule has 0 aliphatic carbocycles. The van der Waals surface area contributed by atoms with Crippen LogP contribution in [-0.2, 0) is 9.84 Å². The Kier molecular flexibility index (Phi) is 4.63. The van der Waals surface area contributed by atoms with E-state index in [4.69, 9.17) is 0 Å². The van der Waals surface area contributed by atoms with E-state index in [1.54, 1.807) is 12.1 Å². The van der Waals surface area contributed by atoms with Gasteiger partial charge in [-0.2, -0.15) is 0 Å². The van der Waals surface area contributed by atoms with Crippen molar-refractivity contribution in [3.8, 4) is 0 Å². The van der Waals surface area contributed by atoms with Crippen molar-refractivity contribution in [2.45, 2.75) is 24.6 Å². The monoisotopic (exact) mass is 353 g/mol. The highest BCUT2D eigenvalue weighted by molar-refractivity contribution is 8.15. The molecule has 0 aromatic heterocycles. The molecular weight excluding hydrogens is 334 g/mol. The molecule has 2 aliphatic rings. The van der Waals surface area contributed by atoms with Crippen LogP contribution in [0.25, 0.3) is 0 Å². The van der Waals surface area contributed by atoms with Crippen molar-refractivity contribution in [1.82, 2.24) is 5.32 Å². The molecule has 0 spiro atoms. The van der Waals surface area contributed by atoms with E-state index in [-0.39, 0.29) is 28.7 Å². The largest absolute Gasteiger partial charge is 0.352 e. The summed E-state index contributed by atoms with van der Waals surface area (Å²) in [6.45, 7) is 2.67. The number of carbonyl (C=O) groups is 1. The molecule has 0 saturated carbocycles. The summed E-state index contributed by atoms with van der Waals surface area (Å²) in [4.78, 5) is 16.3. The lowest BCUT2D eigenvalue weighted by molar-refractivity contribution is 0.0953. The summed E-state index contributed by atoms with van der Waals surface area (Å²) in [6.07, 6.45) is 0.903. The molecule has 124 valence electrons. The van der Waals surface area contributed by atoms with Gasteiger partial charge in [0.15, 0.2) is 15.0 Å². The van der Waals surface area contributed by atoms with Crippen LogP contribution in [0.2, 0.25) is 0 Å². The Hall–Kier alpha value is -1.54. The lowest BCUT2D eigenvalue weighted by Gasteiger charge is -2.08. The Morgan fingerprint density at radius 1 is 1.30 bits per heavy atom. The molecule has 2 heterocycles. The molecule has 8 heteroatoms. The minimum atomic E-state index is -2.92. The van der Waals surface area contributed by atoms with Crippen molar-refractivity contribution in [3.63, 3.8) is 0 Å². The van der Waals surface area contributed by atoms with E-state index in [0.717, 1.165) is 17.3 Å². The predicted octanol–water partition coefficient (Wildman–Crippen LogP) is 1.51. The number of hydrogen-bond donors (Lipinski definition) is 2. The van der Waals surface area contributed by atoms with Gasteiger partial charge in [0.05, 0.1) is 17.5 Å². The van der Waals surface area contributed by atoms with Crippen molar-refractivity contribution in [2.24, 2.45) is 4.99 Å². The Bertz CT molecular complexity index is 729. The second-order valence-electron chi connectivity index (χ2n) is 5.69. The average Bonchev–Trinajstić information content (AvgIpc) is 2.98. The number of hydrogen-bond acceptors (Lipinski definition) is 6. The quantitative estimate of drug-likeness (QED) is 0.857. The molecule has 1 fully saturated rings. The van der Waals surface area contributed by atoms with Crippen LogP contribution in [0.3, 0.4) is 0 Å². The van der Waals surface area contributed by atoms with E-state index in [0.29, 0.717) is 12.1 Å². The van der Waals surface area contributed by atoms with E-state index in [1.807, 2.05) is 19.1 Å². The molecule has 1 amide bonds. The summed E-state index contributed by atoms with van der Waals surface area (Å²) in [5.41, 5.74) is 1.46. The lowest BCUT2D eigenvalue weighted by Crippen LogP contribution is -2.23. The first-order valence-electron chi connectivity index (χ1n) is 7.57. The summed E-state index contributed by atoms with van der Waals surface area (Å²) in [6, 6.07) is 7.05. The normalized spacial score (nSPS) is 24.8. The number of amides is 1. The maximum absolute atomic E-state index is 11.8. The summed E-state index contributed by atoms with van der Waals surface area (Å²) >= 11 is 1.48. The number of fused-ring (bicyclic) bond motifs is 1. The third kappa shape index (κ3) is 3.87. The van der Waals surface area contributed by atoms with Crippen LogP contribution in [0, 0.1) is 0 Å². The first kappa shape index (κ1) is 16.3. The topological polar surface area (TPSA) is 87.6 Å². The number of thioether (sulfide) groups is 1. The fourth-order valence-electron chi connectivity index (χ4n) is 2.59. The molecule has 1 aromatic rings. The van der Waals surface area contributed by atoms with Crippen LogP contribution in [0.15, 0.2) is 29.3 Å². The first-order chi connectivity index (χ1) is 11.0. The third-order valence-electron chi connectivity index (χ3n) is 3.75. The smallest absolute Gasteiger partial charge is 0.251 e. The van der Waals surface area contributed by atoms with Crippen molar-refractivity contribution < 1.29 is 13.2 Å². The zero-order valence-corrected chi connectivity index (χ0v) is 14.4. The van der Waals surface area contributed by atoms with Crippen molar-refractivity contribution in [1.29, 1.82) is 0 Å². The maximum atomic E-state index is 11.8. The van der Waals surface area contributed by atoms with Gasteiger partial charge in [0.25, 0.3) is 5.91 Å². The molecule has 0 bridgehead atoms. The van der Waals surface area contributed by atoms with Crippen LogP contribution in [0.4, 0.5) is 5.69 Å². The van der Waals surface area contributed by atoms with Crippen LogP contribution in [0.1, 0.15) is 23.7 Å². The minimum Gasteiger partial charge on any atom is -0.352 e. The van der Waals surface area contributed by atoms with Gasteiger partial charge in [-0.1, -0.05) is 18.7 Å². The second kappa shape index (κ2) is 6.52. The first-order valence-corrected chi connectivity index (χ1v) is 10.3. The fraction of sp³-hybridized carbons (Fsp3) is 0.467. The number of sulfone groups is 1. The van der Waals surface area contributed by atoms with Gasteiger partial charge in [0, 0.05) is 23.0 Å². The van der Waals surface area contributed by atoms with E-state index >= 15 is 0 Å². The maximum Gasteiger partial charge on any atom is 0.251 e. The van der Waals surface area contributed by atoms with Gasteiger partial charge < -0.3 is 10.6 Å². The Balaban J connectivity index is 1.60. The van der Waals surface area contributed by atoms with Crippen molar-refractivity contribution in [2.75, 3.05) is 23.4 Å². The Morgan fingerprint density at radius 3 is 2.70 bits per heavy atom. The lowest BCUT2D eigenvalue weighted by atomic mass is 10.2. The number of nitrogens with zero attached hydrogens (tertiary/aromatic N) is 1. The van der Waals surface area contributed by atoms with E-state index in [1.165, 1.54) is 11.8 Å². The van der Waals surface area contributed by atoms with Crippen LogP contribution < -0.4 is 10.6 Å². The molecule has 2 N–H and O–H groups in total. The highest BCUT2D eigenvalue weighted by atomic mass is 32.2. The van der Waals surface area contributed by atoms with Crippen LogP contribution in [-0.4, -0.2) is 48.8 Å². The highest BCUT2D eigenvalue weighted by Gasteiger charge is 2.42. The number of benzene rings is 1. The van der Waals surface area contributed by atoms with Gasteiger partial charge >= 0.3 is 0 Å². The van der Waals surface area contributed by atoms with Gasteiger partial charge in [0.2, 0.25) is 0 Å². The van der Waals surface area contributed by atoms with Gasteiger partial charge in [-0.05, 0) is 30.7 Å². The Morgan fingerprint density at radius 2 is 2.04 bits per heavy atom. The Labute approximate surface area is 140 Å². The number of carbonyl (C=O) groups excluding carboxylic acids is 1. The molecule has 2 atom stereocenters.